The van der Waals surface area contributed by atoms with E-state index < -0.39 is 23.5 Å². The number of benzene rings is 1. The van der Waals surface area contributed by atoms with Gasteiger partial charge >= 0.3 is 5.97 Å². The van der Waals surface area contributed by atoms with E-state index in [-0.39, 0.29) is 48.6 Å². The van der Waals surface area contributed by atoms with Crippen LogP contribution in [0.3, 0.4) is 0 Å². The van der Waals surface area contributed by atoms with Crippen molar-refractivity contribution in [2.75, 3.05) is 19.6 Å². The molecule has 1 aromatic carbocycles. The second-order valence-electron chi connectivity index (χ2n) is 10.7. The highest BCUT2D eigenvalue weighted by Crippen LogP contribution is 2.40. The number of hydrogen-bond donors (Lipinski definition) is 0. The van der Waals surface area contributed by atoms with E-state index in [1.807, 2.05) is 31.2 Å². The molecule has 0 bridgehead atoms. The van der Waals surface area contributed by atoms with Gasteiger partial charge in [0, 0.05) is 19.9 Å². The Bertz CT molecular complexity index is 1300. The maximum atomic E-state index is 13.5. The van der Waals surface area contributed by atoms with E-state index in [4.69, 9.17) is 4.74 Å². The van der Waals surface area contributed by atoms with Crippen LogP contribution in [-0.2, 0) is 30.5 Å². The van der Waals surface area contributed by atoms with Crippen molar-refractivity contribution >= 4 is 29.4 Å². The summed E-state index contributed by atoms with van der Waals surface area (Å²) in [7, 11) is 0. The zero-order chi connectivity index (χ0) is 28.5. The quantitative estimate of drug-likeness (QED) is 0.332. The Balaban J connectivity index is 1.40. The van der Waals surface area contributed by atoms with Gasteiger partial charge in [-0.2, -0.15) is 0 Å². The summed E-state index contributed by atoms with van der Waals surface area (Å²) in [6.07, 6.45) is 0.306. The average molecular weight is 538 g/mol. The van der Waals surface area contributed by atoms with Gasteiger partial charge in [0.15, 0.2) is 11.5 Å². The van der Waals surface area contributed by atoms with Crippen molar-refractivity contribution in [2.24, 2.45) is 5.92 Å². The second kappa shape index (κ2) is 11.1. The van der Waals surface area contributed by atoms with Crippen LogP contribution >= 0.6 is 0 Å². The monoisotopic (exact) mass is 537 g/mol. The number of ketones is 2. The van der Waals surface area contributed by atoms with Crippen molar-refractivity contribution in [1.82, 2.24) is 24.8 Å². The summed E-state index contributed by atoms with van der Waals surface area (Å²) in [6.45, 7) is 8.95. The van der Waals surface area contributed by atoms with E-state index >= 15 is 0 Å². The van der Waals surface area contributed by atoms with Gasteiger partial charge in [0.05, 0.1) is 31.2 Å². The molecule has 208 valence electrons. The Labute approximate surface area is 227 Å². The van der Waals surface area contributed by atoms with Crippen molar-refractivity contribution in [3.05, 3.63) is 46.8 Å². The molecule has 3 atom stereocenters. The molecule has 2 amide bonds. The summed E-state index contributed by atoms with van der Waals surface area (Å²) >= 11 is 0. The first kappa shape index (κ1) is 28.1. The summed E-state index contributed by atoms with van der Waals surface area (Å²) in [5.74, 6) is -2.49. The highest BCUT2D eigenvalue weighted by Gasteiger charge is 2.60. The zero-order valence-corrected chi connectivity index (χ0v) is 23.1. The van der Waals surface area contributed by atoms with E-state index in [1.165, 1.54) is 18.7 Å². The van der Waals surface area contributed by atoms with Crippen LogP contribution in [0.4, 0.5) is 0 Å². The van der Waals surface area contributed by atoms with Gasteiger partial charge in [-0.05, 0) is 46.1 Å². The first-order valence-electron chi connectivity index (χ1n) is 13.2. The minimum Gasteiger partial charge on any atom is -0.462 e. The standard InChI is InChI=1S/C28H35N5O6/c1-17-7-9-22(10-8-17)14-33-18(2)25(29-30-33)26(37)32-12-6-11-28(32)16-31(27(28)38)15-23(36)13-24(19(3)34)20(4)39-21(5)35/h7-10,20,24H,6,11-16H2,1-5H3/t20-,24-,28?/m1/s1. The Morgan fingerprint density at radius 1 is 1.10 bits per heavy atom. The predicted octanol–water partition coefficient (Wildman–Crippen LogP) is 1.88. The Kier molecular flexibility index (Phi) is 7.99. The van der Waals surface area contributed by atoms with Gasteiger partial charge in [0.1, 0.15) is 17.4 Å². The average Bonchev–Trinajstić information content (AvgIpc) is 3.48. The van der Waals surface area contributed by atoms with Crippen LogP contribution in [0, 0.1) is 19.8 Å². The molecule has 11 nitrogen and oxygen atoms in total. The third-order valence-corrected chi connectivity index (χ3v) is 7.77. The summed E-state index contributed by atoms with van der Waals surface area (Å²) in [6, 6.07) is 8.04. The number of amides is 2. The molecular formula is C28H35N5O6. The smallest absolute Gasteiger partial charge is 0.302 e. The second-order valence-corrected chi connectivity index (χ2v) is 10.7. The van der Waals surface area contributed by atoms with Crippen LogP contribution in [0.2, 0.25) is 0 Å². The minimum absolute atomic E-state index is 0.132. The fraction of sp³-hybridized carbons (Fsp3) is 0.536. The van der Waals surface area contributed by atoms with Gasteiger partial charge in [-0.1, -0.05) is 35.0 Å². The lowest BCUT2D eigenvalue weighted by atomic mass is 9.84. The number of Topliss-reactive ketones (excluding diaryl/α,β-unsaturated/α-hetero) is 2. The van der Waals surface area contributed by atoms with Crippen molar-refractivity contribution in [3.8, 4) is 0 Å². The highest BCUT2D eigenvalue weighted by atomic mass is 16.5. The molecule has 2 aliphatic heterocycles. The van der Waals surface area contributed by atoms with E-state index in [1.54, 1.807) is 23.4 Å². The minimum atomic E-state index is -0.991. The number of aromatic nitrogens is 3. The third-order valence-electron chi connectivity index (χ3n) is 7.77. The fourth-order valence-corrected chi connectivity index (χ4v) is 5.56. The summed E-state index contributed by atoms with van der Waals surface area (Å²) in [5.41, 5.74) is 2.04. The molecule has 2 fully saturated rings. The first-order valence-corrected chi connectivity index (χ1v) is 13.2. The normalized spacial score (nSPS) is 20.1. The zero-order valence-electron chi connectivity index (χ0n) is 23.1. The Morgan fingerprint density at radius 2 is 1.79 bits per heavy atom. The molecule has 1 unspecified atom stereocenters. The number of esters is 1. The molecule has 0 saturated carbocycles. The molecule has 2 aliphatic rings. The number of ether oxygens (including phenoxy) is 1. The topological polar surface area (TPSA) is 132 Å². The fourth-order valence-electron chi connectivity index (χ4n) is 5.56. The lowest BCUT2D eigenvalue weighted by Gasteiger charge is -2.50. The van der Waals surface area contributed by atoms with E-state index in [0.29, 0.717) is 31.6 Å². The number of likely N-dealkylation sites (tertiary alicyclic amines) is 2. The van der Waals surface area contributed by atoms with Crippen LogP contribution in [0.1, 0.15) is 67.3 Å². The third kappa shape index (κ3) is 5.62. The van der Waals surface area contributed by atoms with E-state index in [2.05, 4.69) is 10.3 Å². The lowest BCUT2D eigenvalue weighted by molar-refractivity contribution is -0.161. The Hall–Kier alpha value is -3.89. The maximum absolute atomic E-state index is 13.5. The van der Waals surface area contributed by atoms with Crippen LogP contribution in [0.25, 0.3) is 0 Å². The van der Waals surface area contributed by atoms with Gasteiger partial charge in [0.25, 0.3) is 11.8 Å². The number of nitrogens with zero attached hydrogens (tertiary/aromatic N) is 5. The van der Waals surface area contributed by atoms with Crippen molar-refractivity contribution in [3.63, 3.8) is 0 Å². The van der Waals surface area contributed by atoms with Crippen LogP contribution in [0.15, 0.2) is 24.3 Å². The van der Waals surface area contributed by atoms with E-state index in [0.717, 1.165) is 11.1 Å². The molecule has 39 heavy (non-hydrogen) atoms. The molecule has 3 heterocycles. The van der Waals surface area contributed by atoms with Gasteiger partial charge in [-0.15, -0.1) is 5.10 Å². The molecule has 0 radical (unpaired) electrons. The highest BCUT2D eigenvalue weighted by molar-refractivity contribution is 6.03. The summed E-state index contributed by atoms with van der Waals surface area (Å²) in [5, 5.41) is 8.34. The number of carbonyl (C=O) groups is 5. The van der Waals surface area contributed by atoms with Crippen LogP contribution in [0.5, 0.6) is 0 Å². The molecule has 1 aromatic heterocycles. The SMILES string of the molecule is CC(=O)O[C@H](C)[C@H](CC(=O)CN1CC2(CCCN2C(=O)c2nnn(Cc3ccc(C)cc3)c2C)C1=O)C(C)=O. The van der Waals surface area contributed by atoms with Gasteiger partial charge < -0.3 is 14.5 Å². The number of carbonyl (C=O) groups excluding carboxylic acids is 5. The maximum Gasteiger partial charge on any atom is 0.302 e. The van der Waals surface area contributed by atoms with Gasteiger partial charge in [-0.3, -0.25) is 24.0 Å². The van der Waals surface area contributed by atoms with Crippen molar-refractivity contribution < 1.29 is 28.7 Å². The summed E-state index contributed by atoms with van der Waals surface area (Å²) in [4.78, 5) is 66.0. The molecule has 11 heteroatoms. The molecule has 0 N–H and O–H groups in total. The number of hydrogen-bond acceptors (Lipinski definition) is 8. The molecule has 1 spiro atoms. The number of rotatable bonds is 10. The van der Waals surface area contributed by atoms with Crippen LogP contribution < -0.4 is 0 Å². The molecule has 2 aromatic rings. The van der Waals surface area contributed by atoms with Gasteiger partial charge in [0.2, 0.25) is 0 Å². The van der Waals surface area contributed by atoms with Crippen LogP contribution in [-0.4, -0.2) is 85.4 Å². The number of β-lactam (4-membered cyclic amide) rings is 1. The lowest BCUT2D eigenvalue weighted by Crippen LogP contribution is -2.73. The first-order chi connectivity index (χ1) is 18.4. The largest absolute Gasteiger partial charge is 0.462 e. The molecule has 4 rings (SSSR count). The van der Waals surface area contributed by atoms with Gasteiger partial charge in [-0.25, -0.2) is 4.68 Å². The van der Waals surface area contributed by atoms with Crippen molar-refractivity contribution in [1.29, 1.82) is 0 Å². The number of aryl methyl sites for hydroxylation is 1. The predicted molar refractivity (Wildman–Crippen MR) is 140 cm³/mol. The summed E-state index contributed by atoms with van der Waals surface area (Å²) < 4.78 is 6.78. The molecule has 2 saturated heterocycles. The Morgan fingerprint density at radius 3 is 2.41 bits per heavy atom. The van der Waals surface area contributed by atoms with E-state index in [9.17, 15) is 24.0 Å². The van der Waals surface area contributed by atoms with Crippen molar-refractivity contribution in [2.45, 2.75) is 72.1 Å². The molecular weight excluding hydrogens is 502 g/mol. The molecule has 0 aliphatic carbocycles.